The van der Waals surface area contributed by atoms with Crippen molar-refractivity contribution in [2.45, 2.75) is 31.0 Å². The van der Waals surface area contributed by atoms with Crippen LogP contribution in [0.3, 0.4) is 0 Å². The lowest BCUT2D eigenvalue weighted by atomic mass is 9.97. The Morgan fingerprint density at radius 3 is 3.08 bits per heavy atom. The van der Waals surface area contributed by atoms with E-state index in [2.05, 4.69) is 21.6 Å². The Morgan fingerprint density at radius 2 is 2.23 bits per heavy atom. The van der Waals surface area contributed by atoms with Crippen LogP contribution in [0.2, 0.25) is 0 Å². The summed E-state index contributed by atoms with van der Waals surface area (Å²) in [4.78, 5) is 22.1. The maximum atomic E-state index is 12.7. The zero-order valence-electron chi connectivity index (χ0n) is 14.4. The first-order valence-corrected chi connectivity index (χ1v) is 10.2. The van der Waals surface area contributed by atoms with Crippen LogP contribution in [0.4, 0.5) is 9.93 Å². The van der Waals surface area contributed by atoms with Gasteiger partial charge in [-0.25, -0.2) is 9.78 Å². The smallest absolute Gasteiger partial charge is 0.324 e. The van der Waals surface area contributed by atoms with E-state index < -0.39 is 0 Å². The zero-order valence-corrected chi connectivity index (χ0v) is 15.2. The van der Waals surface area contributed by atoms with Crippen LogP contribution in [0.1, 0.15) is 12.0 Å². The van der Waals surface area contributed by atoms with Crippen molar-refractivity contribution >= 4 is 32.7 Å². The Morgan fingerprint density at radius 1 is 1.31 bits per heavy atom. The van der Waals surface area contributed by atoms with E-state index in [0.717, 1.165) is 66.7 Å². The van der Waals surface area contributed by atoms with Gasteiger partial charge in [-0.3, -0.25) is 9.80 Å². The van der Waals surface area contributed by atoms with Crippen molar-refractivity contribution in [2.75, 3.05) is 37.7 Å². The molecule has 3 fully saturated rings. The van der Waals surface area contributed by atoms with E-state index in [-0.39, 0.29) is 18.1 Å². The van der Waals surface area contributed by atoms with Crippen LogP contribution < -0.4 is 20.3 Å². The number of piperidine rings is 1. The van der Waals surface area contributed by atoms with Crippen molar-refractivity contribution < 1.29 is 9.53 Å². The number of ether oxygens (including phenoxy) is 1. The SMILES string of the molecule is O=C1NC2CCN(C3CNC3)CC2N1c1nc2c3c(ccc2s1)OCC3. The molecule has 26 heavy (non-hydrogen) atoms. The van der Waals surface area contributed by atoms with Crippen molar-refractivity contribution in [3.05, 3.63) is 17.7 Å². The van der Waals surface area contributed by atoms with Gasteiger partial charge in [0.2, 0.25) is 0 Å². The van der Waals surface area contributed by atoms with Crippen LogP contribution in [0.5, 0.6) is 5.75 Å². The molecule has 0 saturated carbocycles. The lowest BCUT2D eigenvalue weighted by molar-refractivity contribution is 0.104. The fraction of sp³-hybridized carbons (Fsp3) is 0.556. The summed E-state index contributed by atoms with van der Waals surface area (Å²) in [6.07, 6.45) is 1.91. The van der Waals surface area contributed by atoms with Gasteiger partial charge in [0.1, 0.15) is 5.75 Å². The van der Waals surface area contributed by atoms with Gasteiger partial charge in [-0.1, -0.05) is 11.3 Å². The van der Waals surface area contributed by atoms with Crippen LogP contribution in [0, 0.1) is 0 Å². The van der Waals surface area contributed by atoms with Crippen LogP contribution in [-0.2, 0) is 6.42 Å². The first-order valence-electron chi connectivity index (χ1n) is 9.37. The highest BCUT2D eigenvalue weighted by Gasteiger charge is 2.46. The maximum Gasteiger partial charge on any atom is 0.324 e. The normalized spacial score (nSPS) is 28.6. The van der Waals surface area contributed by atoms with E-state index in [0.29, 0.717) is 6.04 Å². The number of hydrogen-bond acceptors (Lipinski definition) is 6. The molecular formula is C18H21N5O2S. The van der Waals surface area contributed by atoms with E-state index in [9.17, 15) is 4.79 Å². The standard InChI is InChI=1S/C18H21N5O2S/c24-17-20-12-3-5-22(10-7-19-8-10)9-13(12)23(17)18-21-16-11-4-6-25-14(11)1-2-15(16)26-18/h1-2,10,12-13,19H,3-9H2,(H,20,24). The minimum atomic E-state index is 0.000496. The Hall–Kier alpha value is -1.90. The molecule has 2 amide bonds. The largest absolute Gasteiger partial charge is 0.493 e. The third-order valence-electron chi connectivity index (χ3n) is 6.18. The average Bonchev–Trinajstić information content (AvgIpc) is 3.26. The molecule has 1 aromatic carbocycles. The van der Waals surface area contributed by atoms with Crippen molar-refractivity contribution in [2.24, 2.45) is 0 Å². The molecule has 8 heteroatoms. The quantitative estimate of drug-likeness (QED) is 0.830. The van der Waals surface area contributed by atoms with E-state index in [1.54, 1.807) is 11.3 Å². The molecular weight excluding hydrogens is 350 g/mol. The summed E-state index contributed by atoms with van der Waals surface area (Å²) < 4.78 is 6.80. The number of benzene rings is 1. The van der Waals surface area contributed by atoms with Crippen molar-refractivity contribution in [1.82, 2.24) is 20.5 Å². The third-order valence-corrected chi connectivity index (χ3v) is 7.20. The van der Waals surface area contributed by atoms with Gasteiger partial charge in [0.05, 0.1) is 28.9 Å². The summed E-state index contributed by atoms with van der Waals surface area (Å²) in [6.45, 7) is 4.83. The molecule has 5 heterocycles. The van der Waals surface area contributed by atoms with Gasteiger partial charge >= 0.3 is 6.03 Å². The minimum Gasteiger partial charge on any atom is -0.493 e. The number of likely N-dealkylation sites (tertiary alicyclic amines) is 1. The summed E-state index contributed by atoms with van der Waals surface area (Å²) in [6, 6.07) is 5.12. The monoisotopic (exact) mass is 371 g/mol. The van der Waals surface area contributed by atoms with Crippen molar-refractivity contribution in [1.29, 1.82) is 0 Å². The highest BCUT2D eigenvalue weighted by Crippen LogP contribution is 2.39. The Labute approximate surface area is 155 Å². The van der Waals surface area contributed by atoms with E-state index in [1.165, 1.54) is 5.56 Å². The second kappa shape index (κ2) is 5.55. The number of nitrogens with zero attached hydrogens (tertiary/aromatic N) is 3. The third kappa shape index (κ3) is 2.12. The minimum absolute atomic E-state index is 0.000496. The number of amides is 2. The molecule has 0 radical (unpaired) electrons. The highest BCUT2D eigenvalue weighted by molar-refractivity contribution is 7.22. The predicted molar refractivity (Wildman–Crippen MR) is 100 cm³/mol. The lowest BCUT2D eigenvalue weighted by Gasteiger charge is -2.44. The number of aromatic nitrogens is 1. The van der Waals surface area contributed by atoms with Crippen molar-refractivity contribution in [3.63, 3.8) is 0 Å². The number of anilines is 1. The molecule has 2 aromatic rings. The van der Waals surface area contributed by atoms with Crippen LogP contribution in [-0.4, -0.2) is 66.8 Å². The van der Waals surface area contributed by atoms with E-state index in [1.807, 2.05) is 11.0 Å². The number of hydrogen-bond donors (Lipinski definition) is 2. The van der Waals surface area contributed by atoms with E-state index >= 15 is 0 Å². The summed E-state index contributed by atoms with van der Waals surface area (Å²) in [5, 5.41) is 7.35. The molecule has 2 unspecified atom stereocenters. The van der Waals surface area contributed by atoms with Crippen LogP contribution in [0.15, 0.2) is 12.1 Å². The second-order valence-electron chi connectivity index (χ2n) is 7.57. The molecule has 0 bridgehead atoms. The molecule has 2 N–H and O–H groups in total. The van der Waals surface area contributed by atoms with E-state index in [4.69, 9.17) is 9.72 Å². The van der Waals surface area contributed by atoms with Gasteiger partial charge in [0.25, 0.3) is 0 Å². The summed E-state index contributed by atoms with van der Waals surface area (Å²) >= 11 is 1.62. The number of rotatable bonds is 2. The van der Waals surface area contributed by atoms with Gasteiger partial charge in [-0.05, 0) is 18.6 Å². The average molecular weight is 371 g/mol. The van der Waals surface area contributed by atoms with Crippen LogP contribution >= 0.6 is 11.3 Å². The summed E-state index contributed by atoms with van der Waals surface area (Å²) in [7, 11) is 0. The molecule has 0 aliphatic carbocycles. The topological polar surface area (TPSA) is 69.7 Å². The van der Waals surface area contributed by atoms with Crippen molar-refractivity contribution in [3.8, 4) is 5.75 Å². The number of urea groups is 1. The van der Waals surface area contributed by atoms with Gasteiger partial charge in [-0.15, -0.1) is 0 Å². The number of thiazole rings is 1. The zero-order chi connectivity index (χ0) is 17.3. The van der Waals surface area contributed by atoms with Crippen LogP contribution in [0.25, 0.3) is 10.2 Å². The number of fused-ring (bicyclic) bond motifs is 4. The lowest BCUT2D eigenvalue weighted by Crippen LogP contribution is -2.63. The second-order valence-corrected chi connectivity index (χ2v) is 8.58. The molecule has 6 rings (SSSR count). The molecule has 3 saturated heterocycles. The summed E-state index contributed by atoms with van der Waals surface area (Å²) in [5.41, 5.74) is 2.19. The molecule has 4 aliphatic rings. The first-order chi connectivity index (χ1) is 12.8. The molecule has 1 aromatic heterocycles. The number of nitrogens with one attached hydrogen (secondary N) is 2. The molecule has 4 aliphatic heterocycles. The first kappa shape index (κ1) is 15.2. The Balaban J connectivity index is 1.36. The predicted octanol–water partition coefficient (Wildman–Crippen LogP) is 1.18. The fourth-order valence-corrected chi connectivity index (χ4v) is 5.67. The van der Waals surface area contributed by atoms with Gasteiger partial charge < -0.3 is 15.4 Å². The van der Waals surface area contributed by atoms with Gasteiger partial charge in [0.15, 0.2) is 5.13 Å². The molecule has 7 nitrogen and oxygen atoms in total. The molecule has 136 valence electrons. The Bertz CT molecular complexity index is 895. The summed E-state index contributed by atoms with van der Waals surface area (Å²) in [5.74, 6) is 0.944. The molecule has 0 spiro atoms. The number of carbonyl (C=O) groups excluding carboxylic acids is 1. The van der Waals surface area contributed by atoms with Gasteiger partial charge in [-0.2, -0.15) is 0 Å². The maximum absolute atomic E-state index is 12.7. The Kier molecular flexibility index (Phi) is 3.24. The fourth-order valence-electron chi connectivity index (χ4n) is 4.62. The highest BCUT2D eigenvalue weighted by atomic mass is 32.1. The number of carbonyl (C=O) groups is 1. The molecule has 2 atom stereocenters. The van der Waals surface area contributed by atoms with Gasteiger partial charge in [0, 0.05) is 44.2 Å².